The maximum Gasteiger partial charge on any atom is 0.262 e. The fourth-order valence-corrected chi connectivity index (χ4v) is 4.26. The van der Waals surface area contributed by atoms with Gasteiger partial charge in [-0.2, -0.15) is 0 Å². The molecule has 3 aromatic rings. The zero-order valence-electron chi connectivity index (χ0n) is 16.4. The summed E-state index contributed by atoms with van der Waals surface area (Å²) >= 11 is 1.28. The van der Waals surface area contributed by atoms with E-state index in [1.165, 1.54) is 11.8 Å². The quantitative estimate of drug-likeness (QED) is 0.358. The standard InChI is InChI=1S/C22H22N2O4S/c1-14(2)24-21(26)16-6-3-4-7-17(16)23-22(24)29-13-18(25)15-8-9-19-20(12-15)28-11-5-10-27-19/h3-4,6-9,12,14H,5,10-11,13H2,1-2H3. The van der Waals surface area contributed by atoms with Crippen LogP contribution >= 0.6 is 11.8 Å². The second-order valence-electron chi connectivity index (χ2n) is 7.10. The normalized spacial score (nSPS) is 13.5. The molecule has 0 saturated heterocycles. The van der Waals surface area contributed by atoms with E-state index in [0.717, 1.165) is 6.42 Å². The van der Waals surface area contributed by atoms with E-state index in [0.29, 0.717) is 46.3 Å². The van der Waals surface area contributed by atoms with E-state index in [9.17, 15) is 9.59 Å². The molecule has 0 unspecified atom stereocenters. The number of thioether (sulfide) groups is 1. The lowest BCUT2D eigenvalue weighted by Gasteiger charge is -2.16. The Morgan fingerprint density at radius 1 is 1.14 bits per heavy atom. The Morgan fingerprint density at radius 3 is 2.69 bits per heavy atom. The Bertz CT molecular complexity index is 1120. The zero-order chi connectivity index (χ0) is 20.4. The molecule has 1 aliphatic rings. The number of rotatable bonds is 5. The van der Waals surface area contributed by atoms with E-state index in [-0.39, 0.29) is 23.1 Å². The number of hydrogen-bond donors (Lipinski definition) is 0. The number of ketones is 1. The summed E-state index contributed by atoms with van der Waals surface area (Å²) in [7, 11) is 0. The number of carbonyl (C=O) groups is 1. The van der Waals surface area contributed by atoms with E-state index in [1.807, 2.05) is 32.0 Å². The number of ether oxygens (including phenoxy) is 2. The number of aromatic nitrogens is 2. The second kappa shape index (κ2) is 8.29. The summed E-state index contributed by atoms with van der Waals surface area (Å²) in [6.07, 6.45) is 0.814. The minimum absolute atomic E-state index is 0.0524. The summed E-state index contributed by atoms with van der Waals surface area (Å²) in [6, 6.07) is 12.5. The molecule has 0 radical (unpaired) electrons. The highest BCUT2D eigenvalue weighted by Crippen LogP contribution is 2.31. The van der Waals surface area contributed by atoms with Crippen molar-refractivity contribution in [2.24, 2.45) is 0 Å². The summed E-state index contributed by atoms with van der Waals surface area (Å²) in [5.74, 6) is 1.39. The Hall–Kier alpha value is -2.80. The summed E-state index contributed by atoms with van der Waals surface area (Å²) in [5.41, 5.74) is 1.11. The van der Waals surface area contributed by atoms with Crippen molar-refractivity contribution in [2.75, 3.05) is 19.0 Å². The first kappa shape index (κ1) is 19.5. The second-order valence-corrected chi connectivity index (χ2v) is 8.05. The van der Waals surface area contributed by atoms with Crippen LogP contribution < -0.4 is 15.0 Å². The maximum absolute atomic E-state index is 12.9. The third-order valence-electron chi connectivity index (χ3n) is 4.69. The van der Waals surface area contributed by atoms with Crippen LogP contribution in [0.4, 0.5) is 0 Å². The van der Waals surface area contributed by atoms with Crippen LogP contribution in [0.3, 0.4) is 0 Å². The molecule has 0 bridgehead atoms. The maximum atomic E-state index is 12.9. The number of fused-ring (bicyclic) bond motifs is 2. The highest BCUT2D eigenvalue weighted by molar-refractivity contribution is 7.99. The lowest BCUT2D eigenvalue weighted by molar-refractivity contribution is 0.102. The van der Waals surface area contributed by atoms with Crippen LogP contribution in [0.1, 0.15) is 36.7 Å². The van der Waals surface area contributed by atoms with E-state index in [4.69, 9.17) is 9.47 Å². The zero-order valence-corrected chi connectivity index (χ0v) is 17.2. The fourth-order valence-electron chi connectivity index (χ4n) is 3.23. The van der Waals surface area contributed by atoms with Crippen LogP contribution in [0.15, 0.2) is 52.4 Å². The molecule has 0 saturated carbocycles. The van der Waals surface area contributed by atoms with Crippen molar-refractivity contribution < 1.29 is 14.3 Å². The number of benzene rings is 2. The predicted octanol–water partition coefficient (Wildman–Crippen LogP) is 4.11. The van der Waals surface area contributed by atoms with Crippen LogP contribution in [0, 0.1) is 0 Å². The van der Waals surface area contributed by atoms with Gasteiger partial charge in [0.05, 0.1) is 29.9 Å². The van der Waals surface area contributed by atoms with Crippen LogP contribution in [0.25, 0.3) is 10.9 Å². The van der Waals surface area contributed by atoms with Gasteiger partial charge < -0.3 is 9.47 Å². The van der Waals surface area contributed by atoms with Crippen molar-refractivity contribution in [3.8, 4) is 11.5 Å². The Labute approximate surface area is 172 Å². The summed E-state index contributed by atoms with van der Waals surface area (Å²) in [4.78, 5) is 30.3. The number of Topliss-reactive ketones (excluding diaryl/α,β-unsaturated/α-hetero) is 1. The Kier molecular flexibility index (Phi) is 5.58. The molecule has 0 aliphatic carbocycles. The Morgan fingerprint density at radius 2 is 1.90 bits per heavy atom. The molecular formula is C22H22N2O4S. The van der Waals surface area contributed by atoms with E-state index in [2.05, 4.69) is 4.98 Å². The summed E-state index contributed by atoms with van der Waals surface area (Å²) in [6.45, 7) is 5.05. The van der Waals surface area contributed by atoms with Crippen molar-refractivity contribution in [3.05, 3.63) is 58.4 Å². The molecule has 1 aliphatic heterocycles. The van der Waals surface area contributed by atoms with Crippen molar-refractivity contribution in [2.45, 2.75) is 31.5 Å². The van der Waals surface area contributed by atoms with Crippen molar-refractivity contribution in [1.29, 1.82) is 0 Å². The molecule has 29 heavy (non-hydrogen) atoms. The Balaban J connectivity index is 1.59. The number of nitrogens with zero attached hydrogens (tertiary/aromatic N) is 2. The fraction of sp³-hybridized carbons (Fsp3) is 0.318. The van der Waals surface area contributed by atoms with E-state index in [1.54, 1.807) is 28.8 Å². The largest absolute Gasteiger partial charge is 0.490 e. The first-order valence-electron chi connectivity index (χ1n) is 9.61. The minimum atomic E-state index is -0.0869. The van der Waals surface area contributed by atoms with Gasteiger partial charge in [-0.1, -0.05) is 23.9 Å². The first-order valence-corrected chi connectivity index (χ1v) is 10.6. The number of para-hydroxylation sites is 1. The van der Waals surface area contributed by atoms with E-state index >= 15 is 0 Å². The predicted molar refractivity (Wildman–Crippen MR) is 113 cm³/mol. The van der Waals surface area contributed by atoms with Gasteiger partial charge in [-0.25, -0.2) is 4.98 Å². The van der Waals surface area contributed by atoms with Crippen LogP contribution in [-0.4, -0.2) is 34.3 Å². The van der Waals surface area contributed by atoms with Gasteiger partial charge in [0, 0.05) is 18.0 Å². The minimum Gasteiger partial charge on any atom is -0.490 e. The van der Waals surface area contributed by atoms with Gasteiger partial charge in [0.2, 0.25) is 0 Å². The highest BCUT2D eigenvalue weighted by Gasteiger charge is 2.18. The van der Waals surface area contributed by atoms with Crippen molar-refractivity contribution in [1.82, 2.24) is 9.55 Å². The SMILES string of the molecule is CC(C)n1c(SCC(=O)c2ccc3c(c2)OCCCO3)nc2ccccc2c1=O. The molecule has 2 aromatic carbocycles. The molecule has 0 N–H and O–H groups in total. The molecule has 2 heterocycles. The molecule has 1 aromatic heterocycles. The average molecular weight is 410 g/mol. The van der Waals surface area contributed by atoms with Gasteiger partial charge in [-0.3, -0.25) is 14.2 Å². The molecule has 0 fully saturated rings. The smallest absolute Gasteiger partial charge is 0.262 e. The molecule has 4 rings (SSSR count). The lowest BCUT2D eigenvalue weighted by atomic mass is 10.1. The number of carbonyl (C=O) groups excluding carboxylic acids is 1. The van der Waals surface area contributed by atoms with Gasteiger partial charge in [0.15, 0.2) is 22.4 Å². The summed E-state index contributed by atoms with van der Waals surface area (Å²) in [5, 5.41) is 1.13. The van der Waals surface area contributed by atoms with Crippen LogP contribution in [0.5, 0.6) is 11.5 Å². The van der Waals surface area contributed by atoms with Gasteiger partial charge in [-0.05, 0) is 44.2 Å². The number of hydrogen-bond acceptors (Lipinski definition) is 6. The monoisotopic (exact) mass is 410 g/mol. The van der Waals surface area contributed by atoms with E-state index < -0.39 is 0 Å². The van der Waals surface area contributed by atoms with Crippen LogP contribution in [0.2, 0.25) is 0 Å². The van der Waals surface area contributed by atoms with Gasteiger partial charge in [0.25, 0.3) is 5.56 Å². The lowest BCUT2D eigenvalue weighted by Crippen LogP contribution is -2.25. The third-order valence-corrected chi connectivity index (χ3v) is 5.65. The van der Waals surface area contributed by atoms with Crippen LogP contribution in [-0.2, 0) is 0 Å². The molecule has 0 amide bonds. The topological polar surface area (TPSA) is 70.4 Å². The molecule has 6 nitrogen and oxygen atoms in total. The average Bonchev–Trinajstić information content (AvgIpc) is 2.96. The molecule has 0 atom stereocenters. The molecule has 7 heteroatoms. The van der Waals surface area contributed by atoms with Gasteiger partial charge in [0.1, 0.15) is 0 Å². The van der Waals surface area contributed by atoms with Crippen molar-refractivity contribution in [3.63, 3.8) is 0 Å². The van der Waals surface area contributed by atoms with Crippen molar-refractivity contribution >= 4 is 28.4 Å². The molecular weight excluding hydrogens is 388 g/mol. The molecule has 150 valence electrons. The van der Waals surface area contributed by atoms with Gasteiger partial charge in [-0.15, -0.1) is 0 Å². The third kappa shape index (κ3) is 4.00. The first-order chi connectivity index (χ1) is 14.0. The van der Waals surface area contributed by atoms with Gasteiger partial charge >= 0.3 is 0 Å². The summed E-state index contributed by atoms with van der Waals surface area (Å²) < 4.78 is 12.9. The molecule has 0 spiro atoms. The highest BCUT2D eigenvalue weighted by atomic mass is 32.2.